The number of carboxylic acids is 1. The average Bonchev–Trinajstić information content (AvgIpc) is 2.88. The zero-order chi connectivity index (χ0) is 29.2. The average molecular weight is 571 g/mol. The van der Waals surface area contributed by atoms with Gasteiger partial charge in [-0.2, -0.15) is 23.4 Å². The van der Waals surface area contributed by atoms with Crippen molar-refractivity contribution in [3.8, 4) is 6.07 Å². The highest BCUT2D eigenvalue weighted by molar-refractivity contribution is 6.32. The van der Waals surface area contributed by atoms with Crippen LogP contribution < -0.4 is 10.4 Å². The molecule has 3 N–H and O–H groups in total. The maximum absolute atomic E-state index is 13.1. The summed E-state index contributed by atoms with van der Waals surface area (Å²) in [6.07, 6.45) is -1.74. The monoisotopic (exact) mass is 570 g/mol. The predicted octanol–water partition coefficient (Wildman–Crippen LogP) is 3.65. The van der Waals surface area contributed by atoms with Crippen molar-refractivity contribution in [3.63, 3.8) is 0 Å². The minimum atomic E-state index is -5.08. The van der Waals surface area contributed by atoms with Crippen LogP contribution in [0.2, 0.25) is 5.02 Å². The summed E-state index contributed by atoms with van der Waals surface area (Å²) in [5.41, 5.74) is 4.48. The zero-order valence-corrected chi connectivity index (χ0v) is 22.2. The van der Waals surface area contributed by atoms with Gasteiger partial charge in [-0.15, -0.1) is 0 Å². The molecule has 0 atom stereocenters. The number of aliphatic carboxylic acids is 1. The number of anilines is 1. The van der Waals surface area contributed by atoms with Gasteiger partial charge < -0.3 is 10.2 Å². The Hall–Kier alpha value is -3.47. The molecule has 3 rings (SSSR count). The molecule has 39 heavy (non-hydrogen) atoms. The van der Waals surface area contributed by atoms with E-state index in [-0.39, 0.29) is 29.3 Å². The molecule has 10 nitrogen and oxygen atoms in total. The van der Waals surface area contributed by atoms with Crippen LogP contribution in [0.4, 0.5) is 19.0 Å². The van der Waals surface area contributed by atoms with E-state index in [1.54, 1.807) is 11.1 Å². The van der Waals surface area contributed by atoms with Gasteiger partial charge in [0.2, 0.25) is 5.82 Å². The number of carboxylic acid groups (broad SMARTS) is 1. The summed E-state index contributed by atoms with van der Waals surface area (Å²) in [4.78, 5) is 32.4. The lowest BCUT2D eigenvalue weighted by atomic mass is 9.97. The first-order valence-corrected chi connectivity index (χ1v) is 12.4. The van der Waals surface area contributed by atoms with E-state index >= 15 is 0 Å². The third-order valence-corrected chi connectivity index (χ3v) is 5.94. The molecule has 1 aliphatic rings. The van der Waals surface area contributed by atoms with Crippen molar-refractivity contribution in [1.29, 1.82) is 5.26 Å². The van der Waals surface area contributed by atoms with E-state index in [9.17, 15) is 23.1 Å². The number of hydrogen-bond donors (Lipinski definition) is 3. The van der Waals surface area contributed by atoms with Crippen molar-refractivity contribution in [2.45, 2.75) is 39.4 Å². The summed E-state index contributed by atoms with van der Waals surface area (Å²) in [5, 5.41) is 27.4. The van der Waals surface area contributed by atoms with Crippen LogP contribution in [0.25, 0.3) is 0 Å². The number of aromatic nitrogens is 2. The van der Waals surface area contributed by atoms with Crippen LogP contribution in [0, 0.1) is 23.2 Å². The number of alkyl halides is 3. The fourth-order valence-electron chi connectivity index (χ4n) is 3.73. The van der Waals surface area contributed by atoms with Gasteiger partial charge in [0.05, 0.1) is 6.20 Å². The number of rotatable bonds is 8. The summed E-state index contributed by atoms with van der Waals surface area (Å²) < 4.78 is 31.7. The molecule has 0 radical (unpaired) electrons. The molecule has 1 aromatic heterocycles. The topological polar surface area (TPSA) is 143 Å². The molecular weight excluding hydrogens is 541 g/mol. The first-order chi connectivity index (χ1) is 18.3. The molecule has 0 saturated carbocycles. The molecule has 1 amide bonds. The second-order valence-electron chi connectivity index (χ2n) is 9.33. The standard InChI is InChI=1S/C23H29ClN6O2.C2HF3O2/c1-16(2)13-30(22-20(24)12-26-21(11-25)27-22)28-23(32)19-5-3-4-18(10-19)14-29-8-6-17(15-31)7-9-29;3-2(4,5)1(6)7/h3-5,10,12,16-17,31H,6-9,13-15H2,1-2H3,(H,28,32);(H,6,7). The Balaban J connectivity index is 0.000000673. The van der Waals surface area contributed by atoms with Crippen LogP contribution in [0.15, 0.2) is 30.5 Å². The Bertz CT molecular complexity index is 1170. The highest BCUT2D eigenvalue weighted by Crippen LogP contribution is 2.23. The maximum Gasteiger partial charge on any atom is 0.490 e. The number of amides is 1. The van der Waals surface area contributed by atoms with Crippen molar-refractivity contribution in [3.05, 3.63) is 52.4 Å². The highest BCUT2D eigenvalue weighted by atomic mass is 35.5. The minimum absolute atomic E-state index is 0.0145. The third kappa shape index (κ3) is 10.3. The molecule has 0 unspecified atom stereocenters. The first-order valence-electron chi connectivity index (χ1n) is 12.1. The molecule has 1 saturated heterocycles. The molecular formula is C25H30ClF3N6O4. The van der Waals surface area contributed by atoms with Gasteiger partial charge in [0.25, 0.3) is 5.91 Å². The number of hydrogen-bond acceptors (Lipinski definition) is 8. The van der Waals surface area contributed by atoms with Crippen molar-refractivity contribution >= 4 is 29.3 Å². The number of nitrogens with zero attached hydrogens (tertiary/aromatic N) is 5. The summed E-state index contributed by atoms with van der Waals surface area (Å²) in [6.45, 7) is 7.39. The quantitative estimate of drug-likeness (QED) is 0.405. The second kappa shape index (κ2) is 14.6. The number of aliphatic hydroxyl groups is 1. The molecule has 0 aliphatic carbocycles. The number of likely N-dealkylation sites (tertiary alicyclic amines) is 1. The van der Waals surface area contributed by atoms with Gasteiger partial charge in [-0.3, -0.25) is 20.1 Å². The van der Waals surface area contributed by atoms with E-state index in [0.717, 1.165) is 38.0 Å². The molecule has 1 fully saturated rings. The number of carbonyl (C=O) groups excluding carboxylic acids is 1. The van der Waals surface area contributed by atoms with E-state index in [0.29, 0.717) is 23.8 Å². The third-order valence-electron chi connectivity index (χ3n) is 5.67. The van der Waals surface area contributed by atoms with Crippen molar-refractivity contribution in [2.24, 2.45) is 11.8 Å². The Morgan fingerprint density at radius 3 is 2.49 bits per heavy atom. The van der Waals surface area contributed by atoms with E-state index < -0.39 is 12.1 Å². The lowest BCUT2D eigenvalue weighted by Crippen LogP contribution is -2.45. The number of nitrogens with one attached hydrogen (secondary N) is 1. The summed E-state index contributed by atoms with van der Waals surface area (Å²) >= 11 is 6.27. The van der Waals surface area contributed by atoms with Gasteiger partial charge in [-0.05, 0) is 55.5 Å². The first kappa shape index (κ1) is 31.7. The van der Waals surface area contributed by atoms with E-state index in [1.807, 2.05) is 38.1 Å². The molecule has 212 valence electrons. The van der Waals surface area contributed by atoms with Gasteiger partial charge in [-0.1, -0.05) is 37.6 Å². The van der Waals surface area contributed by atoms with Crippen LogP contribution in [0.5, 0.6) is 0 Å². The number of hydrazine groups is 1. The Labute approximate surface area is 229 Å². The summed E-state index contributed by atoms with van der Waals surface area (Å²) in [6, 6.07) is 9.46. The summed E-state index contributed by atoms with van der Waals surface area (Å²) in [5.74, 6) is -2.15. The summed E-state index contributed by atoms with van der Waals surface area (Å²) in [7, 11) is 0. The van der Waals surface area contributed by atoms with Gasteiger partial charge >= 0.3 is 12.1 Å². The van der Waals surface area contributed by atoms with Crippen LogP contribution in [0.1, 0.15) is 48.4 Å². The number of carbonyl (C=O) groups is 2. The molecule has 1 aromatic carbocycles. The fraction of sp³-hybridized carbons (Fsp3) is 0.480. The molecule has 2 heterocycles. The fourth-order valence-corrected chi connectivity index (χ4v) is 3.93. The van der Waals surface area contributed by atoms with Gasteiger partial charge in [-0.25, -0.2) is 9.78 Å². The Kier molecular flexibility index (Phi) is 11.9. The normalized spacial score (nSPS) is 14.2. The zero-order valence-electron chi connectivity index (χ0n) is 21.5. The van der Waals surface area contributed by atoms with Gasteiger partial charge in [0, 0.05) is 25.3 Å². The van der Waals surface area contributed by atoms with Gasteiger partial charge in [0.15, 0.2) is 5.82 Å². The Morgan fingerprint density at radius 1 is 1.31 bits per heavy atom. The SMILES string of the molecule is CC(C)CN(NC(=O)c1cccc(CN2CCC(CO)CC2)c1)c1nc(C#N)ncc1Cl.O=C(O)C(F)(F)F. The molecule has 14 heteroatoms. The van der Waals surface area contributed by atoms with Crippen molar-refractivity contribution in [2.75, 3.05) is 31.3 Å². The van der Waals surface area contributed by atoms with Crippen LogP contribution in [0.3, 0.4) is 0 Å². The van der Waals surface area contributed by atoms with E-state index in [4.69, 9.17) is 26.8 Å². The maximum atomic E-state index is 13.1. The predicted molar refractivity (Wildman–Crippen MR) is 137 cm³/mol. The lowest BCUT2D eigenvalue weighted by Gasteiger charge is -2.31. The smallest absolute Gasteiger partial charge is 0.475 e. The minimum Gasteiger partial charge on any atom is -0.475 e. The van der Waals surface area contributed by atoms with Crippen molar-refractivity contribution < 1.29 is 33.0 Å². The van der Waals surface area contributed by atoms with E-state index in [1.165, 1.54) is 6.20 Å². The molecule has 1 aliphatic heterocycles. The number of benzene rings is 1. The van der Waals surface area contributed by atoms with Crippen LogP contribution >= 0.6 is 11.6 Å². The van der Waals surface area contributed by atoms with Crippen LogP contribution in [-0.4, -0.2) is 69.4 Å². The van der Waals surface area contributed by atoms with Crippen molar-refractivity contribution in [1.82, 2.24) is 20.3 Å². The number of nitriles is 1. The lowest BCUT2D eigenvalue weighted by molar-refractivity contribution is -0.192. The highest BCUT2D eigenvalue weighted by Gasteiger charge is 2.38. The Morgan fingerprint density at radius 2 is 1.95 bits per heavy atom. The number of piperidine rings is 1. The largest absolute Gasteiger partial charge is 0.490 e. The molecule has 2 aromatic rings. The number of aliphatic hydroxyl groups excluding tert-OH is 1. The number of halogens is 4. The molecule has 0 bridgehead atoms. The van der Waals surface area contributed by atoms with Gasteiger partial charge in [0.1, 0.15) is 11.1 Å². The second-order valence-corrected chi connectivity index (χ2v) is 9.73. The van der Waals surface area contributed by atoms with E-state index in [2.05, 4.69) is 20.3 Å². The molecule has 0 spiro atoms. The van der Waals surface area contributed by atoms with Crippen LogP contribution in [-0.2, 0) is 11.3 Å².